The molecule has 0 fully saturated rings. The Morgan fingerprint density at radius 2 is 0.944 bits per heavy atom. The van der Waals surface area contributed by atoms with Gasteiger partial charge in [-0.05, 0) is 117 Å². The van der Waals surface area contributed by atoms with Crippen molar-refractivity contribution in [3.63, 3.8) is 0 Å². The molecule has 4 nitrogen and oxygen atoms in total. The first-order chi connectivity index (χ1) is 26.3. The van der Waals surface area contributed by atoms with Crippen LogP contribution in [0, 0.1) is 41.5 Å². The van der Waals surface area contributed by atoms with Gasteiger partial charge in [-0.1, -0.05) is 126 Å². The van der Waals surface area contributed by atoms with Crippen molar-refractivity contribution in [2.24, 2.45) is 0 Å². The highest BCUT2D eigenvalue weighted by Gasteiger charge is 2.24. The van der Waals surface area contributed by atoms with Gasteiger partial charge in [-0.3, -0.25) is 4.90 Å². The van der Waals surface area contributed by atoms with Crippen molar-refractivity contribution in [1.29, 1.82) is 0 Å². The normalized spacial score (nSPS) is 11.1. The molecule has 0 N–H and O–H groups in total. The molecule has 0 radical (unpaired) electrons. The minimum absolute atomic E-state index is 0.601. The second-order valence-corrected chi connectivity index (χ2v) is 14.3. The average Bonchev–Trinajstić information content (AvgIpc) is 3.18. The summed E-state index contributed by atoms with van der Waals surface area (Å²) in [6, 6.07) is 54.0. The molecule has 7 aromatic carbocycles. The van der Waals surface area contributed by atoms with E-state index in [4.69, 9.17) is 9.97 Å². The van der Waals surface area contributed by atoms with Gasteiger partial charge in [-0.25, -0.2) is 9.97 Å². The molecule has 1 aromatic heterocycles. The van der Waals surface area contributed by atoms with E-state index in [1.807, 2.05) is 30.5 Å². The number of hydrogen-bond donors (Lipinski definition) is 0. The highest BCUT2D eigenvalue weighted by atomic mass is 15.3. The Labute approximate surface area is 319 Å². The lowest BCUT2D eigenvalue weighted by atomic mass is 9.95. The average molecular weight is 701 g/mol. The Balaban J connectivity index is 1.36. The predicted molar refractivity (Wildman–Crippen MR) is 228 cm³/mol. The summed E-state index contributed by atoms with van der Waals surface area (Å²) in [7, 11) is 0. The lowest BCUT2D eigenvalue weighted by Crippen LogP contribution is -2.17. The fraction of sp³-hybridized carbons (Fsp3) is 0.120. The first kappa shape index (κ1) is 34.6. The summed E-state index contributed by atoms with van der Waals surface area (Å²) < 4.78 is 0. The summed E-state index contributed by atoms with van der Waals surface area (Å²) in [5.41, 5.74) is 17.1. The van der Waals surface area contributed by atoms with Gasteiger partial charge in [0.1, 0.15) is 0 Å². The van der Waals surface area contributed by atoms with Crippen LogP contribution in [0.5, 0.6) is 0 Å². The van der Waals surface area contributed by atoms with Gasteiger partial charge in [-0.15, -0.1) is 0 Å². The third kappa shape index (κ3) is 6.52. The van der Waals surface area contributed by atoms with Crippen LogP contribution in [0.25, 0.3) is 33.2 Å². The minimum Gasteiger partial charge on any atom is -0.309 e. The smallest absolute Gasteiger partial charge is 0.235 e. The SMILES string of the molecule is Cc1cc(C)c(N(c2ccc(N(c3nccc(-c4ccccc4)n3)c3ccc4ccccc4c3-c3ccccc3)cc2)c2c(C)cc(C)cc2C)c(C)c1. The van der Waals surface area contributed by atoms with E-state index in [2.05, 4.69) is 179 Å². The number of hydrogen-bond acceptors (Lipinski definition) is 4. The largest absolute Gasteiger partial charge is 0.309 e. The van der Waals surface area contributed by atoms with Crippen LogP contribution >= 0.6 is 0 Å². The van der Waals surface area contributed by atoms with Crippen molar-refractivity contribution in [3.05, 3.63) is 191 Å². The molecule has 0 saturated carbocycles. The number of anilines is 6. The highest BCUT2D eigenvalue weighted by molar-refractivity contribution is 6.05. The van der Waals surface area contributed by atoms with Gasteiger partial charge < -0.3 is 4.90 Å². The van der Waals surface area contributed by atoms with Crippen molar-refractivity contribution in [2.75, 3.05) is 9.80 Å². The van der Waals surface area contributed by atoms with Crippen LogP contribution in [-0.2, 0) is 0 Å². The van der Waals surface area contributed by atoms with Crippen LogP contribution in [0.2, 0.25) is 0 Å². The Morgan fingerprint density at radius 1 is 0.444 bits per heavy atom. The third-order valence-corrected chi connectivity index (χ3v) is 10.2. The Hall–Kier alpha value is -6.52. The molecule has 0 aliphatic rings. The van der Waals surface area contributed by atoms with Crippen LogP contribution in [0.4, 0.5) is 34.4 Å². The molecule has 1 heterocycles. The minimum atomic E-state index is 0.601. The molecule has 0 unspecified atom stereocenters. The van der Waals surface area contributed by atoms with E-state index in [1.54, 1.807) is 0 Å². The van der Waals surface area contributed by atoms with E-state index >= 15 is 0 Å². The zero-order chi connectivity index (χ0) is 37.3. The van der Waals surface area contributed by atoms with Gasteiger partial charge in [0, 0.05) is 28.7 Å². The molecule has 8 aromatic rings. The molecule has 8 rings (SSSR count). The van der Waals surface area contributed by atoms with Crippen LogP contribution in [0.1, 0.15) is 33.4 Å². The summed E-state index contributed by atoms with van der Waals surface area (Å²) in [6.07, 6.45) is 1.86. The van der Waals surface area contributed by atoms with E-state index < -0.39 is 0 Å². The zero-order valence-electron chi connectivity index (χ0n) is 31.8. The molecule has 0 aliphatic carbocycles. The molecule has 0 atom stereocenters. The van der Waals surface area contributed by atoms with Gasteiger partial charge in [0.25, 0.3) is 0 Å². The Morgan fingerprint density at radius 3 is 1.52 bits per heavy atom. The molecule has 4 heteroatoms. The summed E-state index contributed by atoms with van der Waals surface area (Å²) in [5, 5.41) is 2.35. The van der Waals surface area contributed by atoms with E-state index in [9.17, 15) is 0 Å². The molecule has 0 aliphatic heterocycles. The summed E-state index contributed by atoms with van der Waals surface area (Å²) >= 11 is 0. The van der Waals surface area contributed by atoms with Crippen LogP contribution < -0.4 is 9.80 Å². The van der Waals surface area contributed by atoms with Gasteiger partial charge in [0.05, 0.1) is 22.8 Å². The van der Waals surface area contributed by atoms with E-state index in [0.29, 0.717) is 5.95 Å². The van der Waals surface area contributed by atoms with Crippen LogP contribution in [0.15, 0.2) is 158 Å². The van der Waals surface area contributed by atoms with Crippen molar-refractivity contribution in [1.82, 2.24) is 9.97 Å². The highest BCUT2D eigenvalue weighted by Crippen LogP contribution is 2.46. The molecule has 0 bridgehead atoms. The number of benzene rings is 7. The maximum Gasteiger partial charge on any atom is 0.235 e. The van der Waals surface area contributed by atoms with Gasteiger partial charge in [0.2, 0.25) is 5.95 Å². The van der Waals surface area contributed by atoms with Crippen LogP contribution in [-0.4, -0.2) is 9.97 Å². The van der Waals surface area contributed by atoms with Crippen molar-refractivity contribution in [3.8, 4) is 22.4 Å². The number of rotatable bonds is 8. The molecular weight excluding hydrogens is 657 g/mol. The van der Waals surface area contributed by atoms with E-state index in [-0.39, 0.29) is 0 Å². The number of nitrogens with zero attached hydrogens (tertiary/aromatic N) is 4. The molecule has 0 spiro atoms. The summed E-state index contributed by atoms with van der Waals surface area (Å²) in [6.45, 7) is 13.2. The van der Waals surface area contributed by atoms with Crippen molar-refractivity contribution in [2.45, 2.75) is 41.5 Å². The second kappa shape index (κ2) is 14.5. The number of aryl methyl sites for hydroxylation is 6. The van der Waals surface area contributed by atoms with Crippen molar-refractivity contribution < 1.29 is 0 Å². The molecule has 0 saturated heterocycles. The Kier molecular flexibility index (Phi) is 9.27. The van der Waals surface area contributed by atoms with Crippen molar-refractivity contribution >= 4 is 45.2 Å². The maximum atomic E-state index is 5.23. The monoisotopic (exact) mass is 700 g/mol. The molecule has 54 heavy (non-hydrogen) atoms. The summed E-state index contributed by atoms with van der Waals surface area (Å²) in [5.74, 6) is 0.601. The van der Waals surface area contributed by atoms with E-state index in [0.717, 1.165) is 39.4 Å². The number of aromatic nitrogens is 2. The summed E-state index contributed by atoms with van der Waals surface area (Å²) in [4.78, 5) is 14.8. The number of fused-ring (bicyclic) bond motifs is 1. The molecule has 0 amide bonds. The quantitative estimate of drug-likeness (QED) is 0.158. The topological polar surface area (TPSA) is 32.3 Å². The van der Waals surface area contributed by atoms with Gasteiger partial charge in [-0.2, -0.15) is 0 Å². The second-order valence-electron chi connectivity index (χ2n) is 14.3. The lowest BCUT2D eigenvalue weighted by molar-refractivity contribution is 1.08. The predicted octanol–water partition coefficient (Wildman–Crippen LogP) is 13.8. The standard InChI is InChI=1S/C50H44N4/c1-33-29-35(3)48(36(4)30-33)54(49-37(5)31-34(2)32-38(49)6)43-24-22-42(23-25-43)53(50-51-28-27-45(52-50)40-16-9-7-10-17-40)46-26-21-39-15-13-14-20-44(39)47(46)41-18-11-8-12-19-41/h7-32H,1-6H3. The first-order valence-corrected chi connectivity index (χ1v) is 18.6. The molecular formula is C50H44N4. The maximum absolute atomic E-state index is 5.23. The van der Waals surface area contributed by atoms with Gasteiger partial charge in [0.15, 0.2) is 0 Å². The first-order valence-electron chi connectivity index (χ1n) is 18.6. The fourth-order valence-electron chi connectivity index (χ4n) is 8.11. The lowest BCUT2D eigenvalue weighted by Gasteiger charge is -2.32. The van der Waals surface area contributed by atoms with Gasteiger partial charge >= 0.3 is 0 Å². The Bertz CT molecular complexity index is 2510. The van der Waals surface area contributed by atoms with Crippen LogP contribution in [0.3, 0.4) is 0 Å². The van der Waals surface area contributed by atoms with E-state index in [1.165, 1.54) is 55.5 Å². The molecule has 264 valence electrons. The zero-order valence-corrected chi connectivity index (χ0v) is 31.8. The fourth-order valence-corrected chi connectivity index (χ4v) is 8.11. The third-order valence-electron chi connectivity index (χ3n) is 10.2.